The molecule has 0 aliphatic carbocycles. The molecule has 126 valence electrons. The van der Waals surface area contributed by atoms with E-state index >= 15 is 0 Å². The van der Waals surface area contributed by atoms with Crippen LogP contribution in [0.15, 0.2) is 53.9 Å². The van der Waals surface area contributed by atoms with Crippen molar-refractivity contribution < 1.29 is 13.2 Å². The van der Waals surface area contributed by atoms with Gasteiger partial charge in [0.25, 0.3) is 0 Å². The van der Waals surface area contributed by atoms with Gasteiger partial charge in [0.05, 0.1) is 16.3 Å². The lowest BCUT2D eigenvalue weighted by Gasteiger charge is -2.10. The Labute approximate surface area is 149 Å². The van der Waals surface area contributed by atoms with Crippen LogP contribution < -0.4 is 0 Å². The van der Waals surface area contributed by atoms with Gasteiger partial charge in [-0.05, 0) is 29.6 Å². The fourth-order valence-electron chi connectivity index (χ4n) is 2.49. The summed E-state index contributed by atoms with van der Waals surface area (Å²) in [6.45, 7) is 0. The minimum Gasteiger partial charge on any atom is -0.228 e. The molecule has 0 atom stereocenters. The number of hydrogen-bond donors (Lipinski definition) is 0. The number of halogens is 4. The number of fused-ring (bicyclic) bond motifs is 1. The van der Waals surface area contributed by atoms with Gasteiger partial charge < -0.3 is 0 Å². The summed E-state index contributed by atoms with van der Waals surface area (Å²) >= 11 is 7.19. The summed E-state index contributed by atoms with van der Waals surface area (Å²) in [5.41, 5.74) is 0.625. The number of nitrogens with zero attached hydrogens (tertiary/aromatic N) is 3. The number of aromatic nitrogens is 3. The highest BCUT2D eigenvalue weighted by Crippen LogP contribution is 2.34. The first-order chi connectivity index (χ1) is 11.9. The third kappa shape index (κ3) is 3.01. The van der Waals surface area contributed by atoms with E-state index in [4.69, 9.17) is 11.6 Å². The number of thiophene rings is 1. The predicted octanol–water partition coefficient (Wildman–Crippen LogP) is 5.80. The molecule has 0 spiro atoms. The molecule has 3 aromatic heterocycles. The van der Waals surface area contributed by atoms with Crippen molar-refractivity contribution in [2.75, 3.05) is 0 Å². The summed E-state index contributed by atoms with van der Waals surface area (Å²) in [6, 6.07) is 12.8. The Morgan fingerprint density at radius 1 is 1.00 bits per heavy atom. The predicted molar refractivity (Wildman–Crippen MR) is 91.7 cm³/mol. The lowest BCUT2D eigenvalue weighted by molar-refractivity contribution is -0.142. The van der Waals surface area contributed by atoms with E-state index in [1.54, 1.807) is 41.8 Å². The largest absolute Gasteiger partial charge is 0.433 e. The molecule has 0 bridgehead atoms. The van der Waals surface area contributed by atoms with Gasteiger partial charge in [-0.15, -0.1) is 11.3 Å². The van der Waals surface area contributed by atoms with Gasteiger partial charge in [-0.25, -0.2) is 9.50 Å². The smallest absolute Gasteiger partial charge is 0.228 e. The minimum absolute atomic E-state index is 0.142. The second-order valence-corrected chi connectivity index (χ2v) is 6.69. The van der Waals surface area contributed by atoms with Gasteiger partial charge in [0.2, 0.25) is 0 Å². The molecule has 0 radical (unpaired) electrons. The van der Waals surface area contributed by atoms with Crippen LogP contribution in [-0.2, 0) is 6.18 Å². The zero-order valence-corrected chi connectivity index (χ0v) is 14.0. The van der Waals surface area contributed by atoms with E-state index in [2.05, 4.69) is 10.1 Å². The monoisotopic (exact) mass is 379 g/mol. The molecule has 25 heavy (non-hydrogen) atoms. The van der Waals surface area contributed by atoms with Crippen molar-refractivity contribution in [3.63, 3.8) is 0 Å². The van der Waals surface area contributed by atoms with Crippen LogP contribution in [0, 0.1) is 0 Å². The van der Waals surface area contributed by atoms with Crippen molar-refractivity contribution in [2.24, 2.45) is 0 Å². The van der Waals surface area contributed by atoms with Gasteiger partial charge in [0.1, 0.15) is 0 Å². The van der Waals surface area contributed by atoms with E-state index in [-0.39, 0.29) is 11.3 Å². The number of rotatable bonds is 2. The molecule has 0 saturated heterocycles. The van der Waals surface area contributed by atoms with Crippen molar-refractivity contribution in [2.45, 2.75) is 6.18 Å². The standard InChI is InChI=1S/C17H9ClF3N3S/c18-11-5-3-10(4-6-11)12-9-16-22-13(14-2-1-7-25-14)8-15(17(19,20)21)24(16)23-12/h1-9H. The highest BCUT2D eigenvalue weighted by Gasteiger charge is 2.35. The Morgan fingerprint density at radius 3 is 2.40 bits per heavy atom. The molecule has 0 saturated carbocycles. The Hall–Kier alpha value is -2.38. The lowest BCUT2D eigenvalue weighted by Crippen LogP contribution is -2.13. The SMILES string of the molecule is FC(F)(F)c1cc(-c2cccs2)nc2cc(-c3ccc(Cl)cc3)nn12. The van der Waals surface area contributed by atoms with Gasteiger partial charge in [0, 0.05) is 16.7 Å². The molecule has 3 heterocycles. The average Bonchev–Trinajstić information content (AvgIpc) is 3.23. The lowest BCUT2D eigenvalue weighted by atomic mass is 10.1. The van der Waals surface area contributed by atoms with Crippen molar-refractivity contribution in [1.29, 1.82) is 0 Å². The number of hydrogen-bond acceptors (Lipinski definition) is 3. The Bertz CT molecular complexity index is 1040. The number of alkyl halides is 3. The van der Waals surface area contributed by atoms with E-state index in [0.29, 0.717) is 21.2 Å². The van der Waals surface area contributed by atoms with Gasteiger partial charge in [-0.2, -0.15) is 18.3 Å². The zero-order chi connectivity index (χ0) is 17.6. The maximum atomic E-state index is 13.5. The second-order valence-electron chi connectivity index (χ2n) is 5.31. The molecular weight excluding hydrogens is 371 g/mol. The topological polar surface area (TPSA) is 30.2 Å². The van der Waals surface area contributed by atoms with Gasteiger partial charge >= 0.3 is 6.18 Å². The zero-order valence-electron chi connectivity index (χ0n) is 12.5. The molecule has 4 aromatic rings. The third-order valence-electron chi connectivity index (χ3n) is 3.63. The summed E-state index contributed by atoms with van der Waals surface area (Å²) in [7, 11) is 0. The highest BCUT2D eigenvalue weighted by atomic mass is 35.5. The first-order valence-corrected chi connectivity index (χ1v) is 8.45. The van der Waals surface area contributed by atoms with Crippen LogP contribution in [-0.4, -0.2) is 14.6 Å². The molecule has 0 N–H and O–H groups in total. The van der Waals surface area contributed by atoms with Gasteiger partial charge in [-0.1, -0.05) is 29.8 Å². The van der Waals surface area contributed by atoms with E-state index in [0.717, 1.165) is 10.6 Å². The van der Waals surface area contributed by atoms with Crippen LogP contribution in [0.4, 0.5) is 13.2 Å². The van der Waals surface area contributed by atoms with Crippen LogP contribution in [0.2, 0.25) is 5.02 Å². The first kappa shape index (κ1) is 16.1. The molecule has 0 amide bonds. The molecule has 0 unspecified atom stereocenters. The fourth-order valence-corrected chi connectivity index (χ4v) is 3.30. The third-order valence-corrected chi connectivity index (χ3v) is 4.78. The van der Waals surface area contributed by atoms with E-state index in [1.807, 2.05) is 0 Å². The van der Waals surface area contributed by atoms with Crippen molar-refractivity contribution in [1.82, 2.24) is 14.6 Å². The van der Waals surface area contributed by atoms with Crippen LogP contribution in [0.1, 0.15) is 5.69 Å². The summed E-state index contributed by atoms with van der Waals surface area (Å²) in [4.78, 5) is 5.01. The van der Waals surface area contributed by atoms with Crippen molar-refractivity contribution in [3.05, 3.63) is 64.6 Å². The maximum Gasteiger partial charge on any atom is 0.433 e. The molecule has 3 nitrogen and oxygen atoms in total. The molecule has 0 aliphatic rings. The van der Waals surface area contributed by atoms with Gasteiger partial charge in [0.15, 0.2) is 11.3 Å². The number of benzene rings is 1. The maximum absolute atomic E-state index is 13.5. The van der Waals surface area contributed by atoms with E-state index in [9.17, 15) is 13.2 Å². The van der Waals surface area contributed by atoms with Crippen LogP contribution >= 0.6 is 22.9 Å². The summed E-state index contributed by atoms with van der Waals surface area (Å²) in [6.07, 6.45) is -4.55. The molecule has 4 rings (SSSR count). The van der Waals surface area contributed by atoms with Crippen molar-refractivity contribution >= 4 is 28.6 Å². The Morgan fingerprint density at radius 2 is 1.76 bits per heavy atom. The highest BCUT2D eigenvalue weighted by molar-refractivity contribution is 7.13. The normalized spacial score (nSPS) is 12.0. The van der Waals surface area contributed by atoms with Crippen LogP contribution in [0.3, 0.4) is 0 Å². The second kappa shape index (κ2) is 5.86. The summed E-state index contributed by atoms with van der Waals surface area (Å²) in [5.74, 6) is 0. The van der Waals surface area contributed by atoms with E-state index in [1.165, 1.54) is 17.4 Å². The Balaban J connectivity index is 1.95. The first-order valence-electron chi connectivity index (χ1n) is 7.20. The molecule has 1 aromatic carbocycles. The van der Waals surface area contributed by atoms with Gasteiger partial charge in [-0.3, -0.25) is 0 Å². The quantitative estimate of drug-likeness (QED) is 0.441. The minimum atomic E-state index is -4.55. The summed E-state index contributed by atoms with van der Waals surface area (Å²) < 4.78 is 41.3. The van der Waals surface area contributed by atoms with Crippen LogP contribution in [0.5, 0.6) is 0 Å². The van der Waals surface area contributed by atoms with E-state index < -0.39 is 11.9 Å². The Kier molecular flexibility index (Phi) is 3.77. The molecule has 0 fully saturated rings. The van der Waals surface area contributed by atoms with Crippen molar-refractivity contribution in [3.8, 4) is 21.8 Å². The average molecular weight is 380 g/mol. The summed E-state index contributed by atoms with van der Waals surface area (Å²) in [5, 5.41) is 6.43. The molecular formula is C17H9ClF3N3S. The van der Waals surface area contributed by atoms with Crippen LogP contribution in [0.25, 0.3) is 27.5 Å². The molecule has 8 heteroatoms. The fraction of sp³-hybridized carbons (Fsp3) is 0.0588. The molecule has 0 aliphatic heterocycles.